The molecule has 8 nitrogen and oxygen atoms in total. The van der Waals surface area contributed by atoms with E-state index >= 15 is 0 Å². The number of H-pyrrole nitrogens is 1. The van der Waals surface area contributed by atoms with Crippen LogP contribution in [0.4, 0.5) is 0 Å². The fraction of sp³-hybridized carbons (Fsp3) is 0.600. The van der Waals surface area contributed by atoms with Crippen molar-refractivity contribution < 1.29 is 19.7 Å². The average Bonchev–Trinajstić information content (AvgIpc) is 2.81. The van der Waals surface area contributed by atoms with Crippen LogP contribution in [0.2, 0.25) is 0 Å². The van der Waals surface area contributed by atoms with Gasteiger partial charge in [-0.25, -0.2) is 4.79 Å². The largest absolute Gasteiger partial charge is 0.393 e. The number of nitrogens with one attached hydrogen (secondary N) is 1. The third-order valence-electron chi connectivity index (χ3n) is 3.40. The smallest absolute Gasteiger partial charge is 0.330 e. The molecule has 1 unspecified atom stereocenters. The first-order valence-electron chi connectivity index (χ1n) is 5.47. The van der Waals surface area contributed by atoms with Crippen molar-refractivity contribution >= 4 is 0 Å². The second-order valence-electron chi connectivity index (χ2n) is 4.47. The van der Waals surface area contributed by atoms with E-state index < -0.39 is 41.9 Å². The van der Waals surface area contributed by atoms with Gasteiger partial charge in [-0.2, -0.15) is 0 Å². The van der Waals surface area contributed by atoms with Gasteiger partial charge in [-0.05, 0) is 0 Å². The van der Waals surface area contributed by atoms with Crippen molar-refractivity contribution in [2.45, 2.75) is 24.0 Å². The molecule has 8 heteroatoms. The molecule has 0 spiro atoms. The molecule has 0 radical (unpaired) electrons. The highest BCUT2D eigenvalue weighted by molar-refractivity contribution is 5.07. The van der Waals surface area contributed by atoms with Crippen LogP contribution < -0.4 is 11.2 Å². The van der Waals surface area contributed by atoms with Gasteiger partial charge in [0.2, 0.25) is 0 Å². The summed E-state index contributed by atoms with van der Waals surface area (Å²) in [5, 5.41) is 19.2. The van der Waals surface area contributed by atoms with Crippen LogP contribution in [0.15, 0.2) is 21.9 Å². The molecule has 98 valence electrons. The molecule has 0 amide bonds. The second kappa shape index (κ2) is 3.75. The van der Waals surface area contributed by atoms with Gasteiger partial charge >= 0.3 is 5.69 Å². The maximum absolute atomic E-state index is 11.6. The minimum absolute atomic E-state index is 0.0734. The molecule has 3 heterocycles. The lowest BCUT2D eigenvalue weighted by molar-refractivity contribution is -0.187. The van der Waals surface area contributed by atoms with Gasteiger partial charge in [0, 0.05) is 12.3 Å². The summed E-state index contributed by atoms with van der Waals surface area (Å²) in [7, 11) is 0. The van der Waals surface area contributed by atoms with Crippen molar-refractivity contribution in [3.05, 3.63) is 33.1 Å². The Bertz CT molecular complexity index is 580. The second-order valence-corrected chi connectivity index (χ2v) is 4.47. The van der Waals surface area contributed by atoms with Crippen LogP contribution in [0.1, 0.15) is 6.23 Å². The monoisotopic (exact) mass is 256 g/mol. The number of hydrogen-bond donors (Lipinski definition) is 3. The van der Waals surface area contributed by atoms with Crippen molar-refractivity contribution in [1.82, 2.24) is 9.55 Å². The SMILES string of the molecule is O=c1ccn([C@@H]2O[C@@]3(CO)COC2[C@@H]3O)c(=O)[nH]1. The van der Waals surface area contributed by atoms with Gasteiger partial charge < -0.3 is 19.7 Å². The molecule has 18 heavy (non-hydrogen) atoms. The topological polar surface area (TPSA) is 114 Å². The highest BCUT2D eigenvalue weighted by Crippen LogP contribution is 2.43. The number of fused-ring (bicyclic) bond motifs is 2. The minimum Gasteiger partial charge on any atom is -0.393 e. The highest BCUT2D eigenvalue weighted by atomic mass is 16.7. The van der Waals surface area contributed by atoms with E-state index in [9.17, 15) is 19.8 Å². The standard InChI is InChI=1S/C10H12N2O6/c13-3-10-4-17-6(7(10)15)8(18-10)12-2-1-5(14)11-9(12)16/h1-2,6-8,13,15H,3-4H2,(H,11,14,16)/t6?,7-,8+,10-/m0/s1. The van der Waals surface area contributed by atoms with Gasteiger partial charge in [0.25, 0.3) is 5.56 Å². The number of hydrogen-bond acceptors (Lipinski definition) is 6. The molecule has 1 aromatic rings. The quantitative estimate of drug-likeness (QED) is 0.541. The summed E-state index contributed by atoms with van der Waals surface area (Å²) in [5.74, 6) is 0. The normalized spacial score (nSPS) is 38.2. The summed E-state index contributed by atoms with van der Waals surface area (Å²) in [5.41, 5.74) is -2.35. The molecule has 2 fully saturated rings. The molecular formula is C10H12N2O6. The summed E-state index contributed by atoms with van der Waals surface area (Å²) >= 11 is 0. The van der Waals surface area contributed by atoms with E-state index in [1.807, 2.05) is 0 Å². The average molecular weight is 256 g/mol. The molecule has 2 bridgehead atoms. The molecule has 2 aliphatic heterocycles. The fourth-order valence-corrected chi connectivity index (χ4v) is 2.38. The van der Waals surface area contributed by atoms with E-state index in [0.29, 0.717) is 0 Å². The van der Waals surface area contributed by atoms with E-state index in [1.54, 1.807) is 0 Å². The minimum atomic E-state index is -1.19. The zero-order valence-corrected chi connectivity index (χ0v) is 9.28. The summed E-state index contributed by atoms with van der Waals surface area (Å²) in [6.45, 7) is -0.330. The zero-order valence-electron chi connectivity index (χ0n) is 9.28. The Morgan fingerprint density at radius 2 is 2.33 bits per heavy atom. The van der Waals surface area contributed by atoms with Gasteiger partial charge in [-0.3, -0.25) is 14.3 Å². The summed E-state index contributed by atoms with van der Waals surface area (Å²) in [4.78, 5) is 24.7. The van der Waals surface area contributed by atoms with E-state index in [1.165, 1.54) is 12.3 Å². The van der Waals surface area contributed by atoms with Crippen LogP contribution in [0.25, 0.3) is 0 Å². The molecule has 2 aliphatic rings. The molecule has 0 aliphatic carbocycles. The number of aromatic nitrogens is 2. The number of aromatic amines is 1. The van der Waals surface area contributed by atoms with Crippen molar-refractivity contribution in [3.63, 3.8) is 0 Å². The van der Waals surface area contributed by atoms with Crippen LogP contribution in [0.5, 0.6) is 0 Å². The predicted molar refractivity (Wildman–Crippen MR) is 57.0 cm³/mol. The molecular weight excluding hydrogens is 244 g/mol. The van der Waals surface area contributed by atoms with Gasteiger partial charge in [0.05, 0.1) is 13.2 Å². The Kier molecular flexibility index (Phi) is 2.42. The van der Waals surface area contributed by atoms with Crippen LogP contribution in [0, 0.1) is 0 Å². The van der Waals surface area contributed by atoms with Crippen molar-refractivity contribution in [3.8, 4) is 0 Å². The van der Waals surface area contributed by atoms with Gasteiger partial charge in [0.1, 0.15) is 17.8 Å². The van der Waals surface area contributed by atoms with Crippen LogP contribution in [-0.2, 0) is 9.47 Å². The van der Waals surface area contributed by atoms with Gasteiger partial charge in [-0.15, -0.1) is 0 Å². The highest BCUT2D eigenvalue weighted by Gasteiger charge is 2.61. The molecule has 3 N–H and O–H groups in total. The maximum Gasteiger partial charge on any atom is 0.330 e. The Hall–Kier alpha value is -1.48. The van der Waals surface area contributed by atoms with Crippen molar-refractivity contribution in [2.75, 3.05) is 13.2 Å². The Morgan fingerprint density at radius 3 is 2.94 bits per heavy atom. The van der Waals surface area contributed by atoms with Crippen LogP contribution in [-0.4, -0.2) is 50.8 Å². The first-order chi connectivity index (χ1) is 8.57. The number of aliphatic hydroxyl groups is 2. The number of rotatable bonds is 2. The predicted octanol–water partition coefficient (Wildman–Crippen LogP) is -2.44. The maximum atomic E-state index is 11.6. The van der Waals surface area contributed by atoms with E-state index in [-0.39, 0.29) is 6.61 Å². The summed E-state index contributed by atoms with van der Waals surface area (Å²) in [6, 6.07) is 1.18. The molecule has 0 saturated carbocycles. The van der Waals surface area contributed by atoms with E-state index in [4.69, 9.17) is 9.47 Å². The van der Waals surface area contributed by atoms with Gasteiger partial charge in [-0.1, -0.05) is 0 Å². The van der Waals surface area contributed by atoms with E-state index in [2.05, 4.69) is 4.98 Å². The Balaban J connectivity index is 2.01. The number of aliphatic hydroxyl groups excluding tert-OH is 2. The molecule has 2 saturated heterocycles. The third kappa shape index (κ3) is 1.40. The first-order valence-corrected chi connectivity index (χ1v) is 5.47. The Labute approximate surface area is 100 Å². The summed E-state index contributed by atoms with van der Waals surface area (Å²) < 4.78 is 12.0. The molecule has 0 aromatic carbocycles. The van der Waals surface area contributed by atoms with Gasteiger partial charge in [0.15, 0.2) is 6.23 Å². The molecule has 3 rings (SSSR count). The van der Waals surface area contributed by atoms with Crippen molar-refractivity contribution in [1.29, 1.82) is 0 Å². The van der Waals surface area contributed by atoms with Crippen molar-refractivity contribution in [2.24, 2.45) is 0 Å². The van der Waals surface area contributed by atoms with E-state index in [0.717, 1.165) is 4.57 Å². The number of nitrogens with zero attached hydrogens (tertiary/aromatic N) is 1. The molecule has 4 atom stereocenters. The lowest BCUT2D eigenvalue weighted by atomic mass is 10.0. The fourth-order valence-electron chi connectivity index (χ4n) is 2.38. The lowest BCUT2D eigenvalue weighted by Crippen LogP contribution is -2.44. The zero-order chi connectivity index (χ0) is 12.9. The third-order valence-corrected chi connectivity index (χ3v) is 3.40. The van der Waals surface area contributed by atoms with Crippen LogP contribution >= 0.6 is 0 Å². The lowest BCUT2D eigenvalue weighted by Gasteiger charge is -2.29. The first kappa shape index (κ1) is 11.6. The summed E-state index contributed by atoms with van der Waals surface area (Å²) in [6.07, 6.45) is -1.33. The number of ether oxygens (including phenoxy) is 2. The van der Waals surface area contributed by atoms with Crippen LogP contribution in [0.3, 0.4) is 0 Å². The molecule has 1 aromatic heterocycles. The Morgan fingerprint density at radius 1 is 1.56 bits per heavy atom.